The summed E-state index contributed by atoms with van der Waals surface area (Å²) in [6.45, 7) is 17.4. The number of nitrogens with zero attached hydrogens (tertiary/aromatic N) is 1. The molecule has 0 aromatic heterocycles. The van der Waals surface area contributed by atoms with Crippen molar-refractivity contribution in [3.05, 3.63) is 41.5 Å². The second kappa shape index (κ2) is 12.4. The molecule has 0 radical (unpaired) electrons. The van der Waals surface area contributed by atoms with Gasteiger partial charge in [0.2, 0.25) is 5.91 Å². The number of sulfone groups is 1. The number of rotatable bonds is 7. The molecule has 50 heavy (non-hydrogen) atoms. The second-order valence-corrected chi connectivity index (χ2v) is 20.8. The number of carboxylic acids is 1. The lowest BCUT2D eigenvalue weighted by molar-refractivity contribution is -0.218. The molecule has 1 aromatic carbocycles. The smallest absolute Gasteiger partial charge is 0.335 e. The number of nitrogens with one attached hydrogen (secondary N) is 2. The standard InChI is InChI=1S/C41H61N3O5S/c1-27(45)43-32-14-18-41(42-21-22-44-23-25-50(48,49)26-24-44)20-19-39(5)31(35(32)41)11-12-34-38(4)16-13-30(28-7-9-29(10-8-28)36(46)47)37(2,3)33(38)15-17-40(34,39)6/h7-10,13,31-35,42H,11-12,14-26H2,1-6H3,(H,43,45)(H,46,47). The molecule has 5 fully saturated rings. The number of aromatic carboxylic acids is 1. The zero-order valence-electron chi connectivity index (χ0n) is 31.3. The predicted octanol–water partition coefficient (Wildman–Crippen LogP) is 6.42. The quantitative estimate of drug-likeness (QED) is 0.300. The number of fused-ring (bicyclic) bond motifs is 7. The van der Waals surface area contributed by atoms with E-state index in [2.05, 4.69) is 56.2 Å². The predicted molar refractivity (Wildman–Crippen MR) is 198 cm³/mol. The summed E-state index contributed by atoms with van der Waals surface area (Å²) in [7, 11) is -2.89. The van der Waals surface area contributed by atoms with Gasteiger partial charge in [0.25, 0.3) is 0 Å². The van der Waals surface area contributed by atoms with Gasteiger partial charge in [-0.1, -0.05) is 52.8 Å². The summed E-state index contributed by atoms with van der Waals surface area (Å²) < 4.78 is 24.0. The van der Waals surface area contributed by atoms with Crippen LogP contribution in [0.5, 0.6) is 0 Å². The summed E-state index contributed by atoms with van der Waals surface area (Å²) in [5, 5.41) is 17.0. The number of carbonyl (C=O) groups excluding carboxylic acids is 1. The monoisotopic (exact) mass is 707 g/mol. The molecule has 1 aromatic rings. The van der Waals surface area contributed by atoms with Crippen molar-refractivity contribution < 1.29 is 23.1 Å². The Morgan fingerprint density at radius 2 is 1.58 bits per heavy atom. The van der Waals surface area contributed by atoms with Gasteiger partial charge in [-0.2, -0.15) is 0 Å². The van der Waals surface area contributed by atoms with Gasteiger partial charge >= 0.3 is 5.97 Å². The van der Waals surface area contributed by atoms with Gasteiger partial charge < -0.3 is 20.6 Å². The van der Waals surface area contributed by atoms with E-state index in [0.29, 0.717) is 42.3 Å². The SMILES string of the molecule is CC(=O)NC1CCC2(NCCN3CCS(=O)(=O)CC3)CCC3(C)C(CCC4C5(C)CC=C(c6ccc(C(=O)O)cc6)C(C)(C)C5CCC43C)C12. The number of carbonyl (C=O) groups is 2. The normalized spacial score (nSPS) is 41.9. The zero-order chi connectivity index (χ0) is 35.9. The molecule has 6 aliphatic rings. The van der Waals surface area contributed by atoms with E-state index in [4.69, 9.17) is 0 Å². The first-order valence-electron chi connectivity index (χ1n) is 19.5. The Kier molecular flexibility index (Phi) is 8.99. The van der Waals surface area contributed by atoms with Crippen LogP contribution in [0.1, 0.15) is 115 Å². The van der Waals surface area contributed by atoms with Crippen LogP contribution in [0.2, 0.25) is 0 Å². The van der Waals surface area contributed by atoms with Gasteiger partial charge in [0.1, 0.15) is 0 Å². The molecule has 0 spiro atoms. The second-order valence-electron chi connectivity index (χ2n) is 18.5. The molecule has 9 heteroatoms. The summed E-state index contributed by atoms with van der Waals surface area (Å²) >= 11 is 0. The zero-order valence-corrected chi connectivity index (χ0v) is 32.1. The Morgan fingerprint density at radius 3 is 2.24 bits per heavy atom. The highest BCUT2D eigenvalue weighted by molar-refractivity contribution is 7.91. The minimum atomic E-state index is -2.89. The van der Waals surface area contributed by atoms with Crippen molar-refractivity contribution in [1.82, 2.24) is 15.5 Å². The first-order valence-corrected chi connectivity index (χ1v) is 21.3. The van der Waals surface area contributed by atoms with Crippen molar-refractivity contribution in [3.63, 3.8) is 0 Å². The Bertz CT molecular complexity index is 1640. The van der Waals surface area contributed by atoms with E-state index >= 15 is 0 Å². The fraction of sp³-hybridized carbons (Fsp3) is 0.756. The van der Waals surface area contributed by atoms with Crippen molar-refractivity contribution in [2.75, 3.05) is 37.7 Å². The number of benzene rings is 1. The maximum atomic E-state index is 12.6. The van der Waals surface area contributed by atoms with Gasteiger partial charge in [-0.05, 0) is 120 Å². The van der Waals surface area contributed by atoms with Crippen molar-refractivity contribution in [1.29, 1.82) is 0 Å². The Hall–Kier alpha value is -2.23. The lowest BCUT2D eigenvalue weighted by Gasteiger charge is -2.72. The minimum Gasteiger partial charge on any atom is -0.478 e. The fourth-order valence-electron chi connectivity index (χ4n) is 13.6. The first-order chi connectivity index (χ1) is 23.5. The molecule has 276 valence electrons. The van der Waals surface area contributed by atoms with E-state index in [1.54, 1.807) is 19.1 Å². The summed E-state index contributed by atoms with van der Waals surface area (Å²) in [6, 6.07) is 7.69. The first kappa shape index (κ1) is 36.1. The number of carboxylic acid groups (broad SMARTS) is 1. The summed E-state index contributed by atoms with van der Waals surface area (Å²) in [5.74, 6) is 1.78. The van der Waals surface area contributed by atoms with Crippen LogP contribution in [0.4, 0.5) is 0 Å². The average Bonchev–Trinajstić information content (AvgIpc) is 3.39. The van der Waals surface area contributed by atoms with Gasteiger partial charge in [-0.25, -0.2) is 13.2 Å². The van der Waals surface area contributed by atoms with E-state index in [1.807, 2.05) is 12.1 Å². The Balaban J connectivity index is 1.15. The average molecular weight is 708 g/mol. The molecule has 3 N–H and O–H groups in total. The molecule has 4 saturated carbocycles. The molecule has 7 rings (SSSR count). The van der Waals surface area contributed by atoms with Crippen molar-refractivity contribution in [3.8, 4) is 0 Å². The third-order valence-electron chi connectivity index (χ3n) is 16.2. The van der Waals surface area contributed by atoms with E-state index in [0.717, 1.165) is 44.3 Å². The maximum absolute atomic E-state index is 12.6. The molecule has 8 nitrogen and oxygen atoms in total. The third-order valence-corrected chi connectivity index (χ3v) is 17.8. The van der Waals surface area contributed by atoms with Gasteiger partial charge in [-0.3, -0.25) is 4.79 Å². The number of allylic oxidation sites excluding steroid dienone is 2. The van der Waals surface area contributed by atoms with E-state index in [1.165, 1.54) is 37.7 Å². The van der Waals surface area contributed by atoms with E-state index in [9.17, 15) is 23.1 Å². The number of hydrogen-bond acceptors (Lipinski definition) is 6. The van der Waals surface area contributed by atoms with Gasteiger partial charge in [0, 0.05) is 50.6 Å². The van der Waals surface area contributed by atoms with Crippen LogP contribution in [-0.4, -0.2) is 79.6 Å². The van der Waals surface area contributed by atoms with Crippen LogP contribution in [0.3, 0.4) is 0 Å². The van der Waals surface area contributed by atoms with Crippen LogP contribution in [0, 0.1) is 45.3 Å². The highest BCUT2D eigenvalue weighted by Crippen LogP contribution is 2.76. The molecule has 1 saturated heterocycles. The van der Waals surface area contributed by atoms with Crippen LogP contribution in [-0.2, 0) is 14.6 Å². The molecule has 5 aliphatic carbocycles. The molecule has 1 heterocycles. The third kappa shape index (κ3) is 5.62. The Labute approximate surface area is 300 Å². The van der Waals surface area contributed by atoms with Crippen LogP contribution < -0.4 is 10.6 Å². The lowest BCUT2D eigenvalue weighted by atomic mass is 9.33. The molecule has 9 unspecified atom stereocenters. The van der Waals surface area contributed by atoms with Crippen LogP contribution >= 0.6 is 0 Å². The van der Waals surface area contributed by atoms with E-state index in [-0.39, 0.29) is 50.7 Å². The van der Waals surface area contributed by atoms with E-state index < -0.39 is 15.8 Å². The van der Waals surface area contributed by atoms with Crippen molar-refractivity contribution in [2.24, 2.45) is 45.3 Å². The molecule has 9 atom stereocenters. The summed E-state index contributed by atoms with van der Waals surface area (Å²) in [6.07, 6.45) is 12.8. The maximum Gasteiger partial charge on any atom is 0.335 e. The summed E-state index contributed by atoms with van der Waals surface area (Å²) in [4.78, 5) is 26.4. The molecule has 1 aliphatic heterocycles. The highest BCUT2D eigenvalue weighted by Gasteiger charge is 2.70. The number of amides is 1. The molecular formula is C41H61N3O5S. The van der Waals surface area contributed by atoms with Crippen molar-refractivity contribution >= 4 is 27.3 Å². The lowest BCUT2D eigenvalue weighted by Crippen LogP contribution is -2.69. The van der Waals surface area contributed by atoms with Crippen LogP contribution in [0.15, 0.2) is 30.3 Å². The molecule has 1 amide bonds. The van der Waals surface area contributed by atoms with Crippen molar-refractivity contribution in [2.45, 2.75) is 111 Å². The minimum absolute atomic E-state index is 0.00408. The molecular weight excluding hydrogens is 647 g/mol. The van der Waals surface area contributed by atoms with Crippen LogP contribution in [0.25, 0.3) is 5.57 Å². The summed E-state index contributed by atoms with van der Waals surface area (Å²) in [5.41, 5.74) is 3.37. The fourth-order valence-corrected chi connectivity index (χ4v) is 14.9. The number of hydrogen-bond donors (Lipinski definition) is 3. The largest absolute Gasteiger partial charge is 0.478 e. The van der Waals surface area contributed by atoms with Gasteiger partial charge in [0.15, 0.2) is 9.84 Å². The Morgan fingerprint density at radius 1 is 0.880 bits per heavy atom. The van der Waals surface area contributed by atoms with Gasteiger partial charge in [0.05, 0.1) is 17.1 Å². The molecule has 0 bridgehead atoms. The van der Waals surface area contributed by atoms with Gasteiger partial charge in [-0.15, -0.1) is 0 Å². The highest BCUT2D eigenvalue weighted by atomic mass is 32.2. The topological polar surface area (TPSA) is 116 Å².